The van der Waals surface area contributed by atoms with Crippen LogP contribution in [0.25, 0.3) is 0 Å². The van der Waals surface area contributed by atoms with Crippen molar-refractivity contribution in [2.24, 2.45) is 0 Å². The number of rotatable bonds is 4. The van der Waals surface area contributed by atoms with E-state index in [1.165, 1.54) is 0 Å². The lowest BCUT2D eigenvalue weighted by Gasteiger charge is -2.16. The van der Waals surface area contributed by atoms with Crippen LogP contribution in [0.4, 0.5) is 13.2 Å². The smallest absolute Gasteiger partial charge is 0.348 e. The zero-order valence-electron chi connectivity index (χ0n) is 12.4. The van der Waals surface area contributed by atoms with Crippen LogP contribution in [0.3, 0.4) is 0 Å². The van der Waals surface area contributed by atoms with Gasteiger partial charge >= 0.3 is 5.92 Å². The summed E-state index contributed by atoms with van der Waals surface area (Å²) in [5.74, 6) is -6.06. The third kappa shape index (κ3) is 2.97. The molecule has 0 saturated heterocycles. The van der Waals surface area contributed by atoms with Gasteiger partial charge in [-0.15, -0.1) is 0 Å². The highest BCUT2D eigenvalue weighted by molar-refractivity contribution is 5.98. The van der Waals surface area contributed by atoms with Crippen molar-refractivity contribution in [1.29, 1.82) is 0 Å². The number of amides is 2. The Morgan fingerprint density at radius 1 is 1.17 bits per heavy atom. The Morgan fingerprint density at radius 3 is 2.58 bits per heavy atom. The first-order chi connectivity index (χ1) is 11.4. The first kappa shape index (κ1) is 16.0. The molecular formula is C17H13F3N2O2. The van der Waals surface area contributed by atoms with Crippen LogP contribution in [0.15, 0.2) is 42.5 Å². The van der Waals surface area contributed by atoms with E-state index < -0.39 is 23.2 Å². The third-order valence-electron chi connectivity index (χ3n) is 3.80. The Morgan fingerprint density at radius 2 is 1.88 bits per heavy atom. The molecule has 0 spiro atoms. The van der Waals surface area contributed by atoms with Crippen LogP contribution in [-0.4, -0.2) is 11.8 Å². The highest BCUT2D eigenvalue weighted by Crippen LogP contribution is 2.28. The molecule has 124 valence electrons. The maximum Gasteiger partial charge on any atom is 0.349 e. The normalized spacial score (nSPS) is 13.4. The van der Waals surface area contributed by atoms with Crippen LogP contribution in [0.2, 0.25) is 0 Å². The molecule has 2 amide bonds. The first-order valence-corrected chi connectivity index (χ1v) is 7.20. The number of nitrogens with one attached hydrogen (secondary N) is 2. The summed E-state index contributed by atoms with van der Waals surface area (Å²) in [5.41, 5.74) is 1.33. The van der Waals surface area contributed by atoms with Crippen LogP contribution in [-0.2, 0) is 23.8 Å². The first-order valence-electron chi connectivity index (χ1n) is 7.20. The summed E-state index contributed by atoms with van der Waals surface area (Å²) >= 11 is 0. The Labute approximate surface area is 135 Å². The van der Waals surface area contributed by atoms with Gasteiger partial charge in [-0.1, -0.05) is 12.1 Å². The zero-order valence-corrected chi connectivity index (χ0v) is 12.4. The highest BCUT2D eigenvalue weighted by Gasteiger charge is 2.40. The van der Waals surface area contributed by atoms with Crippen molar-refractivity contribution in [1.82, 2.24) is 10.6 Å². The van der Waals surface area contributed by atoms with Gasteiger partial charge in [0, 0.05) is 24.2 Å². The largest absolute Gasteiger partial charge is 0.349 e. The van der Waals surface area contributed by atoms with Crippen molar-refractivity contribution in [3.63, 3.8) is 0 Å². The van der Waals surface area contributed by atoms with Gasteiger partial charge in [-0.3, -0.25) is 9.59 Å². The van der Waals surface area contributed by atoms with Crippen LogP contribution in [0, 0.1) is 5.82 Å². The van der Waals surface area contributed by atoms with Gasteiger partial charge < -0.3 is 10.6 Å². The number of hydrogen-bond donors (Lipinski definition) is 2. The minimum atomic E-state index is -3.76. The Bertz CT molecular complexity index is 804. The van der Waals surface area contributed by atoms with Crippen molar-refractivity contribution in [3.8, 4) is 0 Å². The SMILES string of the molecule is O=C1NCc2cc(CNC(=O)C(F)(F)c3ccc(F)cc3)ccc21. The minimum Gasteiger partial charge on any atom is -0.348 e. The number of carbonyl (C=O) groups is 2. The molecule has 0 bridgehead atoms. The quantitative estimate of drug-likeness (QED) is 0.902. The molecule has 1 aliphatic heterocycles. The van der Waals surface area contributed by atoms with Crippen LogP contribution >= 0.6 is 0 Å². The Kier molecular flexibility index (Phi) is 4.01. The second-order valence-corrected chi connectivity index (χ2v) is 5.44. The molecule has 3 rings (SSSR count). The number of carbonyl (C=O) groups excluding carboxylic acids is 2. The summed E-state index contributed by atoms with van der Waals surface area (Å²) in [6.45, 7) is 0.277. The second kappa shape index (κ2) is 5.99. The lowest BCUT2D eigenvalue weighted by Crippen LogP contribution is -2.37. The van der Waals surface area contributed by atoms with Crippen molar-refractivity contribution < 1.29 is 22.8 Å². The van der Waals surface area contributed by atoms with E-state index in [2.05, 4.69) is 10.6 Å². The molecule has 1 heterocycles. The third-order valence-corrected chi connectivity index (χ3v) is 3.80. The molecule has 2 N–H and O–H groups in total. The summed E-state index contributed by atoms with van der Waals surface area (Å²) in [4.78, 5) is 23.2. The minimum absolute atomic E-state index is 0.100. The fraction of sp³-hybridized carbons (Fsp3) is 0.176. The molecule has 0 aromatic heterocycles. The molecular weight excluding hydrogens is 321 g/mol. The van der Waals surface area contributed by atoms with Crippen LogP contribution in [0.5, 0.6) is 0 Å². The lowest BCUT2D eigenvalue weighted by molar-refractivity contribution is -0.147. The number of benzene rings is 2. The van der Waals surface area contributed by atoms with Crippen LogP contribution in [0.1, 0.15) is 27.0 Å². The van der Waals surface area contributed by atoms with Gasteiger partial charge in [-0.2, -0.15) is 8.78 Å². The molecule has 4 nitrogen and oxygen atoms in total. The maximum atomic E-state index is 14.1. The summed E-state index contributed by atoms with van der Waals surface area (Å²) < 4.78 is 40.9. The lowest BCUT2D eigenvalue weighted by atomic mass is 10.1. The van der Waals surface area contributed by atoms with Crippen molar-refractivity contribution in [3.05, 3.63) is 70.5 Å². The van der Waals surface area contributed by atoms with Crippen molar-refractivity contribution >= 4 is 11.8 Å². The molecule has 7 heteroatoms. The monoisotopic (exact) mass is 334 g/mol. The number of alkyl halides is 2. The maximum absolute atomic E-state index is 14.1. The number of fused-ring (bicyclic) bond motifs is 1. The molecule has 2 aromatic rings. The van der Waals surface area contributed by atoms with Gasteiger partial charge in [-0.05, 0) is 41.5 Å². The molecule has 0 atom stereocenters. The topological polar surface area (TPSA) is 58.2 Å². The molecule has 1 aliphatic rings. The zero-order chi connectivity index (χ0) is 17.3. The van der Waals surface area contributed by atoms with E-state index in [-0.39, 0.29) is 12.5 Å². The predicted molar refractivity (Wildman–Crippen MR) is 79.8 cm³/mol. The molecule has 0 aliphatic carbocycles. The van der Waals surface area contributed by atoms with E-state index in [9.17, 15) is 22.8 Å². The van der Waals surface area contributed by atoms with Gasteiger partial charge in [0.05, 0.1) is 0 Å². The molecule has 0 fully saturated rings. The van der Waals surface area contributed by atoms with Gasteiger partial charge in [0.15, 0.2) is 0 Å². The van der Waals surface area contributed by atoms with Crippen molar-refractivity contribution in [2.45, 2.75) is 19.0 Å². The Balaban J connectivity index is 1.69. The van der Waals surface area contributed by atoms with E-state index in [0.29, 0.717) is 17.7 Å². The van der Waals surface area contributed by atoms with E-state index in [1.54, 1.807) is 18.2 Å². The second-order valence-electron chi connectivity index (χ2n) is 5.44. The predicted octanol–water partition coefficient (Wildman–Crippen LogP) is 2.48. The standard InChI is InChI=1S/C17H13F3N2O2/c18-13-4-2-12(3-5-13)17(19,20)16(24)22-8-10-1-6-14-11(7-10)9-21-15(14)23/h1-7H,8-9H2,(H,21,23)(H,22,24). The van der Waals surface area contributed by atoms with Gasteiger partial charge in [0.25, 0.3) is 11.8 Å². The van der Waals surface area contributed by atoms with E-state index in [1.807, 2.05) is 0 Å². The fourth-order valence-electron chi connectivity index (χ4n) is 2.48. The average Bonchev–Trinajstić information content (AvgIpc) is 2.93. The highest BCUT2D eigenvalue weighted by atomic mass is 19.3. The van der Waals surface area contributed by atoms with Gasteiger partial charge in [0.2, 0.25) is 0 Å². The summed E-state index contributed by atoms with van der Waals surface area (Å²) in [6.07, 6.45) is 0. The molecule has 2 aromatic carbocycles. The number of hydrogen-bond acceptors (Lipinski definition) is 2. The van der Waals surface area contributed by atoms with E-state index in [4.69, 9.17) is 0 Å². The van der Waals surface area contributed by atoms with Gasteiger partial charge in [-0.25, -0.2) is 4.39 Å². The summed E-state index contributed by atoms with van der Waals surface area (Å²) in [5, 5.41) is 4.82. The van der Waals surface area contributed by atoms with E-state index in [0.717, 1.165) is 29.8 Å². The Hall–Kier alpha value is -2.83. The van der Waals surface area contributed by atoms with Crippen LogP contribution < -0.4 is 10.6 Å². The molecule has 24 heavy (non-hydrogen) atoms. The molecule has 0 unspecified atom stereocenters. The summed E-state index contributed by atoms with van der Waals surface area (Å²) in [7, 11) is 0. The number of halogens is 3. The average molecular weight is 334 g/mol. The van der Waals surface area contributed by atoms with E-state index >= 15 is 0 Å². The molecule has 0 saturated carbocycles. The fourth-order valence-corrected chi connectivity index (χ4v) is 2.48. The molecule has 0 radical (unpaired) electrons. The summed E-state index contributed by atoms with van der Waals surface area (Å²) in [6, 6.07) is 8.38. The van der Waals surface area contributed by atoms with Gasteiger partial charge in [0.1, 0.15) is 5.82 Å². The van der Waals surface area contributed by atoms with Crippen molar-refractivity contribution in [2.75, 3.05) is 0 Å².